The SMILES string of the molecule is CC(C)CCNC(=O)CC[C@H]1NC(=O)N(Cc2ccccc2)C1=O. The minimum Gasteiger partial charge on any atom is -0.356 e. The number of rotatable bonds is 8. The molecule has 2 rings (SSSR count). The minimum atomic E-state index is -0.614. The summed E-state index contributed by atoms with van der Waals surface area (Å²) in [5, 5.41) is 5.50. The fourth-order valence-corrected chi connectivity index (χ4v) is 2.55. The minimum absolute atomic E-state index is 0.0841. The van der Waals surface area contributed by atoms with Crippen LogP contribution in [0.3, 0.4) is 0 Å². The lowest BCUT2D eigenvalue weighted by Crippen LogP contribution is -2.32. The summed E-state index contributed by atoms with van der Waals surface area (Å²) in [6.45, 7) is 5.09. The van der Waals surface area contributed by atoms with Gasteiger partial charge in [0, 0.05) is 13.0 Å². The van der Waals surface area contributed by atoms with E-state index < -0.39 is 12.1 Å². The molecule has 1 atom stereocenters. The quantitative estimate of drug-likeness (QED) is 0.716. The number of benzene rings is 1. The van der Waals surface area contributed by atoms with Crippen molar-refractivity contribution in [2.45, 2.75) is 45.7 Å². The van der Waals surface area contributed by atoms with Gasteiger partial charge in [0.1, 0.15) is 6.04 Å². The van der Waals surface area contributed by atoms with Crippen LogP contribution in [0.5, 0.6) is 0 Å². The highest BCUT2D eigenvalue weighted by Gasteiger charge is 2.37. The van der Waals surface area contributed by atoms with E-state index in [2.05, 4.69) is 24.5 Å². The van der Waals surface area contributed by atoms with Gasteiger partial charge in [-0.05, 0) is 24.3 Å². The molecule has 4 amide bonds. The molecule has 6 nitrogen and oxygen atoms in total. The van der Waals surface area contributed by atoms with Crippen LogP contribution in [-0.4, -0.2) is 35.3 Å². The van der Waals surface area contributed by atoms with Gasteiger partial charge >= 0.3 is 6.03 Å². The summed E-state index contributed by atoms with van der Waals surface area (Å²) < 4.78 is 0. The van der Waals surface area contributed by atoms with Crippen LogP contribution < -0.4 is 10.6 Å². The largest absolute Gasteiger partial charge is 0.356 e. The molecule has 1 aromatic carbocycles. The van der Waals surface area contributed by atoms with Crippen LogP contribution in [0.4, 0.5) is 4.79 Å². The third kappa shape index (κ3) is 5.08. The smallest absolute Gasteiger partial charge is 0.325 e. The van der Waals surface area contributed by atoms with E-state index >= 15 is 0 Å². The third-order valence-corrected chi connectivity index (χ3v) is 3.99. The van der Waals surface area contributed by atoms with Gasteiger partial charge in [0.25, 0.3) is 5.91 Å². The Morgan fingerprint density at radius 1 is 1.25 bits per heavy atom. The summed E-state index contributed by atoms with van der Waals surface area (Å²) in [4.78, 5) is 37.3. The van der Waals surface area contributed by atoms with Crippen LogP contribution in [0.1, 0.15) is 38.7 Å². The number of hydrogen-bond donors (Lipinski definition) is 2. The summed E-state index contributed by atoms with van der Waals surface area (Å²) in [7, 11) is 0. The molecule has 0 aliphatic carbocycles. The number of carbonyl (C=O) groups excluding carboxylic acids is 3. The second kappa shape index (κ2) is 8.47. The van der Waals surface area contributed by atoms with Gasteiger partial charge in [-0.1, -0.05) is 44.2 Å². The first-order chi connectivity index (χ1) is 11.5. The van der Waals surface area contributed by atoms with Gasteiger partial charge < -0.3 is 10.6 Å². The Morgan fingerprint density at radius 3 is 2.62 bits per heavy atom. The highest BCUT2D eigenvalue weighted by Crippen LogP contribution is 2.15. The molecule has 0 saturated carbocycles. The topological polar surface area (TPSA) is 78.5 Å². The van der Waals surface area contributed by atoms with Crippen molar-refractivity contribution in [2.24, 2.45) is 5.92 Å². The fourth-order valence-electron chi connectivity index (χ4n) is 2.55. The van der Waals surface area contributed by atoms with Crippen LogP contribution in [0.2, 0.25) is 0 Å². The van der Waals surface area contributed by atoms with E-state index in [9.17, 15) is 14.4 Å². The van der Waals surface area contributed by atoms with Gasteiger partial charge in [-0.2, -0.15) is 0 Å². The first-order valence-corrected chi connectivity index (χ1v) is 8.40. The first kappa shape index (κ1) is 18.0. The van der Waals surface area contributed by atoms with Gasteiger partial charge in [0.05, 0.1) is 6.54 Å². The molecule has 0 unspecified atom stereocenters. The maximum atomic E-state index is 12.3. The predicted molar refractivity (Wildman–Crippen MR) is 91.0 cm³/mol. The van der Waals surface area contributed by atoms with Crippen molar-refractivity contribution in [3.8, 4) is 0 Å². The zero-order valence-corrected chi connectivity index (χ0v) is 14.2. The predicted octanol–water partition coefficient (Wildman–Crippen LogP) is 2.05. The van der Waals surface area contributed by atoms with Crippen LogP contribution in [0.25, 0.3) is 0 Å². The number of nitrogens with one attached hydrogen (secondary N) is 2. The molecular weight excluding hydrogens is 306 g/mol. The molecular formula is C18H25N3O3. The average Bonchev–Trinajstić information content (AvgIpc) is 2.81. The van der Waals surface area contributed by atoms with Crippen LogP contribution >= 0.6 is 0 Å². The molecule has 24 heavy (non-hydrogen) atoms. The Labute approximate surface area is 142 Å². The molecule has 0 bridgehead atoms. The Balaban J connectivity index is 1.80. The number of imide groups is 1. The number of nitrogens with zero attached hydrogens (tertiary/aromatic N) is 1. The van der Waals surface area contributed by atoms with Crippen LogP contribution in [-0.2, 0) is 16.1 Å². The molecule has 1 fully saturated rings. The summed E-state index contributed by atoms with van der Waals surface area (Å²) in [6.07, 6.45) is 1.48. The Kier molecular flexibility index (Phi) is 6.35. The lowest BCUT2D eigenvalue weighted by molar-refractivity contribution is -0.128. The zero-order valence-electron chi connectivity index (χ0n) is 14.2. The van der Waals surface area contributed by atoms with Gasteiger partial charge in [-0.15, -0.1) is 0 Å². The summed E-state index contributed by atoms with van der Waals surface area (Å²) >= 11 is 0. The van der Waals surface area contributed by atoms with Crippen LogP contribution in [0, 0.1) is 5.92 Å². The van der Waals surface area contributed by atoms with Crippen molar-refractivity contribution in [3.05, 3.63) is 35.9 Å². The van der Waals surface area contributed by atoms with Crippen molar-refractivity contribution in [3.63, 3.8) is 0 Å². The normalized spacial score (nSPS) is 17.3. The zero-order chi connectivity index (χ0) is 17.5. The number of carbonyl (C=O) groups is 3. The van der Waals surface area contributed by atoms with Crippen molar-refractivity contribution < 1.29 is 14.4 Å². The summed E-state index contributed by atoms with van der Waals surface area (Å²) in [5.41, 5.74) is 0.896. The molecule has 2 N–H and O–H groups in total. The number of urea groups is 1. The van der Waals surface area contributed by atoms with Gasteiger partial charge in [-0.25, -0.2) is 4.79 Å². The molecule has 0 spiro atoms. The second-order valence-corrected chi connectivity index (χ2v) is 6.48. The maximum absolute atomic E-state index is 12.3. The molecule has 1 aromatic rings. The fraction of sp³-hybridized carbons (Fsp3) is 0.500. The lowest BCUT2D eigenvalue weighted by atomic mass is 10.1. The molecule has 1 heterocycles. The van der Waals surface area contributed by atoms with E-state index in [1.165, 1.54) is 4.90 Å². The van der Waals surface area contributed by atoms with E-state index in [1.807, 2.05) is 30.3 Å². The third-order valence-electron chi connectivity index (χ3n) is 3.99. The second-order valence-electron chi connectivity index (χ2n) is 6.48. The average molecular weight is 331 g/mol. The van der Waals surface area contributed by atoms with Gasteiger partial charge in [-0.3, -0.25) is 14.5 Å². The van der Waals surface area contributed by atoms with Crippen LogP contribution in [0.15, 0.2) is 30.3 Å². The molecule has 1 aliphatic rings. The van der Waals surface area contributed by atoms with Crippen molar-refractivity contribution in [1.29, 1.82) is 0 Å². The van der Waals surface area contributed by atoms with Crippen molar-refractivity contribution in [1.82, 2.24) is 15.5 Å². The monoisotopic (exact) mass is 331 g/mol. The Hall–Kier alpha value is -2.37. The highest BCUT2D eigenvalue weighted by atomic mass is 16.2. The molecule has 130 valence electrons. The van der Waals surface area contributed by atoms with E-state index in [-0.39, 0.29) is 24.8 Å². The standard InChI is InChI=1S/C18H25N3O3/c1-13(2)10-11-19-16(22)9-8-15-17(23)21(18(24)20-15)12-14-6-4-3-5-7-14/h3-7,13,15H,8-12H2,1-2H3,(H,19,22)(H,20,24)/t15-/m1/s1. The van der Waals surface area contributed by atoms with E-state index in [4.69, 9.17) is 0 Å². The molecule has 1 saturated heterocycles. The summed E-state index contributed by atoms with van der Waals surface area (Å²) in [5.74, 6) is 0.186. The van der Waals surface area contributed by atoms with Crippen molar-refractivity contribution >= 4 is 17.8 Å². The Morgan fingerprint density at radius 2 is 1.96 bits per heavy atom. The van der Waals surface area contributed by atoms with Crippen molar-refractivity contribution in [2.75, 3.05) is 6.54 Å². The summed E-state index contributed by atoms with van der Waals surface area (Å²) in [6, 6.07) is 8.35. The number of amides is 4. The van der Waals surface area contributed by atoms with E-state index in [1.54, 1.807) is 0 Å². The first-order valence-electron chi connectivity index (χ1n) is 8.40. The molecule has 0 radical (unpaired) electrons. The number of hydrogen-bond acceptors (Lipinski definition) is 3. The highest BCUT2D eigenvalue weighted by molar-refractivity contribution is 6.04. The van der Waals surface area contributed by atoms with Gasteiger partial charge in [0.15, 0.2) is 0 Å². The Bertz CT molecular complexity index is 586. The lowest BCUT2D eigenvalue weighted by Gasteiger charge is -2.13. The molecule has 0 aromatic heterocycles. The van der Waals surface area contributed by atoms with Gasteiger partial charge in [0.2, 0.25) is 5.91 Å². The molecule has 1 aliphatic heterocycles. The van der Waals surface area contributed by atoms with E-state index in [0.717, 1.165) is 12.0 Å². The molecule has 6 heteroatoms. The van der Waals surface area contributed by atoms with E-state index in [0.29, 0.717) is 18.9 Å². The maximum Gasteiger partial charge on any atom is 0.325 e.